The molecule has 0 spiro atoms. The van der Waals surface area contributed by atoms with Gasteiger partial charge < -0.3 is 9.80 Å². The Balaban J connectivity index is 1.40. The first kappa shape index (κ1) is 20.0. The number of aromatic nitrogens is 4. The molecule has 1 saturated heterocycles. The lowest BCUT2D eigenvalue weighted by molar-refractivity contribution is -0.133. The molecule has 0 aromatic carbocycles. The zero-order chi connectivity index (χ0) is 20.5. The van der Waals surface area contributed by atoms with Gasteiger partial charge in [0.15, 0.2) is 0 Å². The fourth-order valence-electron chi connectivity index (χ4n) is 4.68. The number of carbonyl (C=O) groups excluding carboxylic acids is 1. The highest BCUT2D eigenvalue weighted by atomic mass is 16.2. The van der Waals surface area contributed by atoms with Gasteiger partial charge in [-0.3, -0.25) is 9.48 Å². The molecule has 2 atom stereocenters. The van der Waals surface area contributed by atoms with Crippen molar-refractivity contribution in [2.24, 2.45) is 0 Å². The van der Waals surface area contributed by atoms with Crippen molar-refractivity contribution in [3.8, 4) is 0 Å². The summed E-state index contributed by atoms with van der Waals surface area (Å²) in [6, 6.07) is 2.11. The highest BCUT2D eigenvalue weighted by Gasteiger charge is 2.27. The van der Waals surface area contributed by atoms with Crippen LogP contribution in [0.15, 0.2) is 12.3 Å². The van der Waals surface area contributed by atoms with Crippen LogP contribution in [0.1, 0.15) is 66.6 Å². The lowest BCUT2D eigenvalue weighted by Crippen LogP contribution is -2.38. The molecule has 2 aliphatic rings. The van der Waals surface area contributed by atoms with E-state index in [1.807, 2.05) is 29.6 Å². The van der Waals surface area contributed by atoms with Crippen molar-refractivity contribution < 1.29 is 4.79 Å². The summed E-state index contributed by atoms with van der Waals surface area (Å²) in [5, 5.41) is 4.53. The molecule has 0 aliphatic carbocycles. The topological polar surface area (TPSA) is 67.2 Å². The lowest BCUT2D eigenvalue weighted by atomic mass is 9.97. The zero-order valence-corrected chi connectivity index (χ0v) is 18.1. The third-order valence-corrected chi connectivity index (χ3v) is 6.23. The molecular weight excluding hydrogens is 364 g/mol. The summed E-state index contributed by atoms with van der Waals surface area (Å²) in [5.74, 6) is 1.59. The van der Waals surface area contributed by atoms with Crippen LogP contribution < -0.4 is 0 Å². The van der Waals surface area contributed by atoms with Crippen LogP contribution in [0.2, 0.25) is 0 Å². The van der Waals surface area contributed by atoms with Crippen molar-refractivity contribution in [2.75, 3.05) is 26.7 Å². The number of piperidine rings is 1. The molecule has 7 nitrogen and oxygen atoms in total. The second-order valence-corrected chi connectivity index (χ2v) is 8.79. The Hall–Kier alpha value is -2.28. The largest absolute Gasteiger partial charge is 0.338 e. The van der Waals surface area contributed by atoms with Crippen molar-refractivity contribution in [2.45, 2.75) is 65.0 Å². The maximum absolute atomic E-state index is 12.9. The van der Waals surface area contributed by atoms with Crippen LogP contribution in [0.4, 0.5) is 0 Å². The molecule has 29 heavy (non-hydrogen) atoms. The number of fused-ring (bicyclic) bond motifs is 1. The van der Waals surface area contributed by atoms with Crippen LogP contribution in [0, 0.1) is 13.8 Å². The van der Waals surface area contributed by atoms with Gasteiger partial charge in [-0.15, -0.1) is 0 Å². The van der Waals surface area contributed by atoms with E-state index in [1.54, 1.807) is 0 Å². The Morgan fingerprint density at radius 2 is 2.14 bits per heavy atom. The van der Waals surface area contributed by atoms with E-state index in [2.05, 4.69) is 35.0 Å². The second-order valence-electron chi connectivity index (χ2n) is 8.79. The van der Waals surface area contributed by atoms with Gasteiger partial charge in [0, 0.05) is 55.8 Å². The summed E-state index contributed by atoms with van der Waals surface area (Å²) in [6.07, 6.45) is 5.60. The third kappa shape index (κ3) is 4.34. The average Bonchev–Trinajstić information content (AvgIpc) is 3.05. The summed E-state index contributed by atoms with van der Waals surface area (Å²) >= 11 is 0. The number of likely N-dealkylation sites (tertiary alicyclic amines) is 1. The number of carbonyl (C=O) groups is 1. The molecule has 1 amide bonds. The first-order chi connectivity index (χ1) is 13.9. The number of rotatable bonds is 4. The van der Waals surface area contributed by atoms with E-state index in [0.717, 1.165) is 60.9 Å². The van der Waals surface area contributed by atoms with Crippen LogP contribution in [0.3, 0.4) is 0 Å². The molecule has 2 aliphatic heterocycles. The van der Waals surface area contributed by atoms with E-state index in [1.165, 1.54) is 6.42 Å². The number of hydrogen-bond donors (Lipinski definition) is 0. The van der Waals surface area contributed by atoms with Gasteiger partial charge in [0.1, 0.15) is 5.82 Å². The quantitative estimate of drug-likeness (QED) is 0.795. The molecule has 0 saturated carbocycles. The Labute approximate surface area is 173 Å². The molecule has 4 rings (SSSR count). The predicted molar refractivity (Wildman–Crippen MR) is 112 cm³/mol. The first-order valence-corrected chi connectivity index (χ1v) is 10.7. The van der Waals surface area contributed by atoms with Crippen molar-refractivity contribution in [1.82, 2.24) is 29.5 Å². The molecule has 1 fully saturated rings. The minimum Gasteiger partial charge on any atom is -0.338 e. The molecular formula is C22H32N6O. The van der Waals surface area contributed by atoms with Gasteiger partial charge >= 0.3 is 0 Å². The molecule has 0 unspecified atom stereocenters. The van der Waals surface area contributed by atoms with Crippen LogP contribution in [-0.4, -0.2) is 62.1 Å². The minimum atomic E-state index is 0.0551. The number of aryl methyl sites for hydroxylation is 2. The van der Waals surface area contributed by atoms with Crippen LogP contribution in [0.25, 0.3) is 0 Å². The van der Waals surface area contributed by atoms with E-state index in [0.29, 0.717) is 18.9 Å². The van der Waals surface area contributed by atoms with Gasteiger partial charge in [0.05, 0.1) is 17.4 Å². The van der Waals surface area contributed by atoms with Gasteiger partial charge in [-0.2, -0.15) is 5.10 Å². The van der Waals surface area contributed by atoms with Crippen LogP contribution in [-0.2, 0) is 17.8 Å². The van der Waals surface area contributed by atoms with Gasteiger partial charge in [-0.25, -0.2) is 9.97 Å². The highest BCUT2D eigenvalue weighted by Crippen LogP contribution is 2.26. The molecule has 0 bridgehead atoms. The van der Waals surface area contributed by atoms with Gasteiger partial charge in [-0.05, 0) is 53.3 Å². The van der Waals surface area contributed by atoms with Crippen LogP contribution >= 0.6 is 0 Å². The second kappa shape index (κ2) is 8.22. The third-order valence-electron chi connectivity index (χ3n) is 6.23. The van der Waals surface area contributed by atoms with Gasteiger partial charge in [0.25, 0.3) is 0 Å². The Bertz CT molecular complexity index is 891. The van der Waals surface area contributed by atoms with Crippen molar-refractivity contribution in [3.63, 3.8) is 0 Å². The summed E-state index contributed by atoms with van der Waals surface area (Å²) in [4.78, 5) is 26.8. The monoisotopic (exact) mass is 396 g/mol. The summed E-state index contributed by atoms with van der Waals surface area (Å²) < 4.78 is 1.96. The maximum atomic E-state index is 12.9. The molecule has 2 aromatic rings. The standard InChI is InChI=1S/C22H32N6O/c1-15-10-16(2)28(25-15)17(3)11-21(29)27-9-7-20-19(14-27)12-23-22(24-20)18-6-5-8-26(4)13-18/h10,12,17-18H,5-9,11,13-14H2,1-4H3/t17-,18-/m0/s1. The van der Waals surface area contributed by atoms with Crippen molar-refractivity contribution in [3.05, 3.63) is 40.7 Å². The smallest absolute Gasteiger partial charge is 0.225 e. The molecule has 7 heteroatoms. The van der Waals surface area contributed by atoms with Crippen LogP contribution in [0.5, 0.6) is 0 Å². The van der Waals surface area contributed by atoms with Gasteiger partial charge in [-0.1, -0.05) is 0 Å². The van der Waals surface area contributed by atoms with E-state index >= 15 is 0 Å². The Morgan fingerprint density at radius 1 is 1.31 bits per heavy atom. The Morgan fingerprint density at radius 3 is 2.86 bits per heavy atom. The summed E-state index contributed by atoms with van der Waals surface area (Å²) in [5.41, 5.74) is 4.31. The van der Waals surface area contributed by atoms with E-state index in [4.69, 9.17) is 4.98 Å². The van der Waals surface area contributed by atoms with E-state index < -0.39 is 0 Å². The molecule has 0 radical (unpaired) electrons. The first-order valence-electron chi connectivity index (χ1n) is 10.7. The average molecular weight is 397 g/mol. The van der Waals surface area contributed by atoms with E-state index in [9.17, 15) is 4.79 Å². The number of hydrogen-bond acceptors (Lipinski definition) is 5. The Kier molecular flexibility index (Phi) is 5.67. The number of likely N-dealkylation sites (N-methyl/N-ethyl adjacent to an activating group) is 1. The lowest BCUT2D eigenvalue weighted by Gasteiger charge is -2.31. The maximum Gasteiger partial charge on any atom is 0.225 e. The highest BCUT2D eigenvalue weighted by molar-refractivity contribution is 5.76. The molecule has 0 N–H and O–H groups in total. The zero-order valence-electron chi connectivity index (χ0n) is 18.1. The predicted octanol–water partition coefficient (Wildman–Crippen LogP) is 2.64. The number of amides is 1. The summed E-state index contributed by atoms with van der Waals surface area (Å²) in [7, 11) is 2.17. The normalized spacial score (nSPS) is 21.1. The SMILES string of the molecule is Cc1cc(C)n([C@@H](C)CC(=O)N2CCc3nc([C@H]4CCCN(C)C4)ncc3C2)n1. The molecule has 156 valence electrons. The van der Waals surface area contributed by atoms with Crippen molar-refractivity contribution >= 4 is 5.91 Å². The minimum absolute atomic E-state index is 0.0551. The van der Waals surface area contributed by atoms with E-state index in [-0.39, 0.29) is 11.9 Å². The molecule has 4 heterocycles. The summed E-state index contributed by atoms with van der Waals surface area (Å²) in [6.45, 7) is 9.63. The van der Waals surface area contributed by atoms with Gasteiger partial charge in [0.2, 0.25) is 5.91 Å². The fourth-order valence-corrected chi connectivity index (χ4v) is 4.68. The fraction of sp³-hybridized carbons (Fsp3) is 0.636. The van der Waals surface area contributed by atoms with Crippen molar-refractivity contribution in [1.29, 1.82) is 0 Å². The number of nitrogens with zero attached hydrogens (tertiary/aromatic N) is 6. The molecule has 2 aromatic heterocycles.